The highest BCUT2D eigenvalue weighted by atomic mass is 16.5. The second-order valence-corrected chi connectivity index (χ2v) is 8.82. The monoisotopic (exact) mass is 358 g/mol. The second-order valence-electron chi connectivity index (χ2n) is 8.82. The minimum atomic E-state index is 0.314. The standard InChI is InChI=1S/C21H34N4O/c1-4-17-12-25(13-18(5-2)26-17)20-7-6-19(14(3)23-20)24-16-10-21(11-16)8-15(22)9-21/h6-7,15-18,24H,4-5,8-13,22H2,1-3H3/t15?,16?,17-,18+,21?. The summed E-state index contributed by atoms with van der Waals surface area (Å²) in [6.07, 6.45) is 7.70. The summed E-state index contributed by atoms with van der Waals surface area (Å²) in [5, 5.41) is 3.71. The summed E-state index contributed by atoms with van der Waals surface area (Å²) in [5.74, 6) is 1.09. The van der Waals surface area contributed by atoms with E-state index in [0.29, 0.717) is 29.7 Å². The fourth-order valence-corrected chi connectivity index (χ4v) is 5.13. The van der Waals surface area contributed by atoms with Gasteiger partial charge in [-0.3, -0.25) is 0 Å². The highest BCUT2D eigenvalue weighted by Gasteiger charge is 2.51. The van der Waals surface area contributed by atoms with Gasteiger partial charge in [0.2, 0.25) is 0 Å². The van der Waals surface area contributed by atoms with E-state index in [1.807, 2.05) is 0 Å². The number of nitrogens with two attached hydrogens (primary N) is 1. The predicted octanol–water partition coefficient (Wildman–Crippen LogP) is 3.47. The third kappa shape index (κ3) is 3.44. The topological polar surface area (TPSA) is 63.4 Å². The third-order valence-electron chi connectivity index (χ3n) is 6.65. The van der Waals surface area contributed by atoms with Crippen LogP contribution in [0.2, 0.25) is 0 Å². The van der Waals surface area contributed by atoms with Crippen LogP contribution in [-0.4, -0.2) is 42.4 Å². The normalized spacial score (nSPS) is 36.5. The number of pyridine rings is 1. The Morgan fingerprint density at radius 3 is 2.35 bits per heavy atom. The van der Waals surface area contributed by atoms with E-state index in [2.05, 4.69) is 43.1 Å². The molecule has 4 rings (SSSR count). The maximum absolute atomic E-state index is 6.12. The maximum atomic E-state index is 6.12. The fourth-order valence-electron chi connectivity index (χ4n) is 5.13. The number of ether oxygens (including phenoxy) is 1. The maximum Gasteiger partial charge on any atom is 0.129 e. The van der Waals surface area contributed by atoms with Crippen LogP contribution in [0.3, 0.4) is 0 Å². The van der Waals surface area contributed by atoms with Crippen molar-refractivity contribution in [2.45, 2.75) is 83.6 Å². The van der Waals surface area contributed by atoms with Gasteiger partial charge < -0.3 is 20.7 Å². The molecule has 2 heterocycles. The first-order valence-corrected chi connectivity index (χ1v) is 10.4. The molecular weight excluding hydrogens is 324 g/mol. The summed E-state index contributed by atoms with van der Waals surface area (Å²) in [7, 11) is 0. The van der Waals surface area contributed by atoms with Crippen LogP contribution in [0.1, 0.15) is 58.1 Å². The zero-order valence-corrected chi connectivity index (χ0v) is 16.5. The molecule has 1 aliphatic heterocycles. The zero-order chi connectivity index (χ0) is 18.3. The molecule has 3 fully saturated rings. The van der Waals surface area contributed by atoms with Crippen molar-refractivity contribution < 1.29 is 4.74 Å². The minimum Gasteiger partial charge on any atom is -0.381 e. The van der Waals surface area contributed by atoms with Crippen molar-refractivity contribution in [2.75, 3.05) is 23.3 Å². The number of anilines is 2. The number of nitrogens with one attached hydrogen (secondary N) is 1. The van der Waals surface area contributed by atoms with Crippen LogP contribution in [0, 0.1) is 12.3 Å². The Morgan fingerprint density at radius 1 is 1.15 bits per heavy atom. The van der Waals surface area contributed by atoms with Gasteiger partial charge in [0, 0.05) is 25.2 Å². The highest BCUT2D eigenvalue weighted by Crippen LogP contribution is 2.55. The van der Waals surface area contributed by atoms with Gasteiger partial charge in [0.15, 0.2) is 0 Å². The van der Waals surface area contributed by atoms with Gasteiger partial charge in [-0.15, -0.1) is 0 Å². The van der Waals surface area contributed by atoms with E-state index in [1.165, 1.54) is 31.4 Å². The molecule has 26 heavy (non-hydrogen) atoms. The predicted molar refractivity (Wildman–Crippen MR) is 107 cm³/mol. The molecule has 1 aromatic rings. The molecule has 2 saturated carbocycles. The lowest BCUT2D eigenvalue weighted by Crippen LogP contribution is -2.57. The van der Waals surface area contributed by atoms with E-state index in [1.54, 1.807) is 0 Å². The van der Waals surface area contributed by atoms with Crippen LogP contribution in [0.5, 0.6) is 0 Å². The van der Waals surface area contributed by atoms with Crippen molar-refractivity contribution in [1.29, 1.82) is 0 Å². The molecule has 0 aromatic carbocycles. The van der Waals surface area contributed by atoms with E-state index in [9.17, 15) is 0 Å². The van der Waals surface area contributed by atoms with Crippen molar-refractivity contribution in [3.05, 3.63) is 17.8 Å². The zero-order valence-electron chi connectivity index (χ0n) is 16.5. The van der Waals surface area contributed by atoms with Crippen molar-refractivity contribution in [2.24, 2.45) is 11.1 Å². The van der Waals surface area contributed by atoms with Gasteiger partial charge in [-0.05, 0) is 63.0 Å². The first-order valence-electron chi connectivity index (χ1n) is 10.4. The fraction of sp³-hybridized carbons (Fsp3) is 0.762. The first-order chi connectivity index (χ1) is 12.5. The Morgan fingerprint density at radius 2 is 1.81 bits per heavy atom. The molecular formula is C21H34N4O. The molecule has 3 N–H and O–H groups in total. The Bertz CT molecular complexity index is 623. The minimum absolute atomic E-state index is 0.314. The van der Waals surface area contributed by atoms with Gasteiger partial charge in [-0.25, -0.2) is 4.98 Å². The largest absolute Gasteiger partial charge is 0.381 e. The van der Waals surface area contributed by atoms with Crippen molar-refractivity contribution in [1.82, 2.24) is 4.98 Å². The van der Waals surface area contributed by atoms with Crippen molar-refractivity contribution in [3.63, 3.8) is 0 Å². The number of aromatic nitrogens is 1. The van der Waals surface area contributed by atoms with Crippen LogP contribution in [0.15, 0.2) is 12.1 Å². The first kappa shape index (κ1) is 18.1. The number of rotatable bonds is 5. The number of hydrogen-bond donors (Lipinski definition) is 2. The molecule has 1 aromatic heterocycles. The van der Waals surface area contributed by atoms with Gasteiger partial charge in [0.05, 0.1) is 23.6 Å². The van der Waals surface area contributed by atoms with Crippen molar-refractivity contribution >= 4 is 11.5 Å². The van der Waals surface area contributed by atoms with Crippen LogP contribution < -0.4 is 16.0 Å². The summed E-state index contributed by atoms with van der Waals surface area (Å²) in [6, 6.07) is 5.43. The number of nitrogens with zero attached hydrogens (tertiary/aromatic N) is 2. The summed E-state index contributed by atoms with van der Waals surface area (Å²) >= 11 is 0. The molecule has 0 bridgehead atoms. The molecule has 0 unspecified atom stereocenters. The van der Waals surface area contributed by atoms with Crippen LogP contribution in [0.25, 0.3) is 0 Å². The van der Waals surface area contributed by atoms with Crippen LogP contribution in [0.4, 0.5) is 11.5 Å². The third-order valence-corrected chi connectivity index (χ3v) is 6.65. The van der Waals surface area contributed by atoms with Gasteiger partial charge >= 0.3 is 0 Å². The van der Waals surface area contributed by atoms with Gasteiger partial charge in [0.25, 0.3) is 0 Å². The molecule has 5 nitrogen and oxygen atoms in total. The average Bonchev–Trinajstić information content (AvgIpc) is 2.59. The van der Waals surface area contributed by atoms with E-state index in [0.717, 1.165) is 37.4 Å². The average molecular weight is 359 g/mol. The second kappa shape index (κ2) is 7.01. The molecule has 2 atom stereocenters. The Hall–Kier alpha value is -1.33. The Kier molecular flexibility index (Phi) is 4.86. The van der Waals surface area contributed by atoms with Crippen LogP contribution in [-0.2, 0) is 4.74 Å². The van der Waals surface area contributed by atoms with Crippen LogP contribution >= 0.6 is 0 Å². The lowest BCUT2D eigenvalue weighted by Gasteiger charge is -2.57. The summed E-state index contributed by atoms with van der Waals surface area (Å²) in [4.78, 5) is 7.32. The molecule has 5 heteroatoms. The number of aryl methyl sites for hydroxylation is 1. The number of hydrogen-bond acceptors (Lipinski definition) is 5. The van der Waals surface area contributed by atoms with E-state index >= 15 is 0 Å². The molecule has 1 saturated heterocycles. The molecule has 0 radical (unpaired) electrons. The van der Waals surface area contributed by atoms with Gasteiger partial charge in [-0.1, -0.05) is 13.8 Å². The quantitative estimate of drug-likeness (QED) is 0.844. The molecule has 144 valence electrons. The lowest BCUT2D eigenvalue weighted by molar-refractivity contribution is -0.0287. The number of morpholine rings is 1. The highest BCUT2D eigenvalue weighted by molar-refractivity contribution is 5.54. The molecule has 1 spiro atoms. The summed E-state index contributed by atoms with van der Waals surface area (Å²) < 4.78 is 6.12. The lowest BCUT2D eigenvalue weighted by atomic mass is 9.52. The smallest absolute Gasteiger partial charge is 0.129 e. The Labute approximate surface area is 157 Å². The SMILES string of the molecule is CC[C@@H]1CN(c2ccc(NC3CC4(CC(N)C4)C3)c(C)n2)C[C@H](CC)O1. The summed E-state index contributed by atoms with van der Waals surface area (Å²) in [6.45, 7) is 8.41. The summed E-state index contributed by atoms with van der Waals surface area (Å²) in [5.41, 5.74) is 8.82. The van der Waals surface area contributed by atoms with Gasteiger partial charge in [-0.2, -0.15) is 0 Å². The van der Waals surface area contributed by atoms with Gasteiger partial charge in [0.1, 0.15) is 5.82 Å². The van der Waals surface area contributed by atoms with E-state index < -0.39 is 0 Å². The Balaban J connectivity index is 1.38. The van der Waals surface area contributed by atoms with E-state index in [-0.39, 0.29) is 0 Å². The van der Waals surface area contributed by atoms with E-state index in [4.69, 9.17) is 15.5 Å². The molecule has 2 aliphatic carbocycles. The molecule has 3 aliphatic rings. The van der Waals surface area contributed by atoms with Crippen molar-refractivity contribution in [3.8, 4) is 0 Å². The molecule has 0 amide bonds.